The second-order valence-electron chi connectivity index (χ2n) is 4.45. The van der Waals surface area contributed by atoms with Gasteiger partial charge in [0.05, 0.1) is 0 Å². The van der Waals surface area contributed by atoms with Crippen LogP contribution in [0.5, 0.6) is 11.5 Å². The van der Waals surface area contributed by atoms with Crippen molar-refractivity contribution in [2.24, 2.45) is 0 Å². The molecule has 1 heterocycles. The van der Waals surface area contributed by atoms with Crippen molar-refractivity contribution in [3.8, 4) is 23.0 Å². The lowest BCUT2D eigenvalue weighted by molar-refractivity contribution is 0.475. The zero-order valence-corrected chi connectivity index (χ0v) is 10.9. The Morgan fingerprint density at radius 1 is 1.05 bits per heavy atom. The molecule has 0 aliphatic carbocycles. The van der Waals surface area contributed by atoms with E-state index in [2.05, 4.69) is 4.98 Å². The van der Waals surface area contributed by atoms with E-state index in [1.807, 2.05) is 19.1 Å². The van der Waals surface area contributed by atoms with Crippen LogP contribution in [-0.2, 0) is 0 Å². The highest BCUT2D eigenvalue weighted by molar-refractivity contribution is 5.86. The largest absolute Gasteiger partial charge is 0.508 e. The number of aromatic nitrogens is 1. The van der Waals surface area contributed by atoms with Crippen LogP contribution in [0.15, 0.2) is 46.9 Å². The van der Waals surface area contributed by atoms with Crippen molar-refractivity contribution in [3.63, 3.8) is 0 Å². The summed E-state index contributed by atoms with van der Waals surface area (Å²) >= 11 is 0. The Balaban J connectivity index is 2.19. The molecule has 0 fully saturated rings. The van der Waals surface area contributed by atoms with Gasteiger partial charge in [-0.1, -0.05) is 12.2 Å². The predicted molar refractivity (Wildman–Crippen MR) is 77.5 cm³/mol. The average Bonchev–Trinajstić information content (AvgIpc) is 2.83. The first-order valence-electron chi connectivity index (χ1n) is 6.23. The number of rotatable bonds is 2. The lowest BCUT2D eigenvalue weighted by atomic mass is 10.1. The quantitative estimate of drug-likeness (QED) is 0.738. The van der Waals surface area contributed by atoms with Crippen molar-refractivity contribution < 1.29 is 14.6 Å². The van der Waals surface area contributed by atoms with Gasteiger partial charge in [0.1, 0.15) is 17.0 Å². The number of oxazole rings is 1. The molecule has 4 heteroatoms. The highest BCUT2D eigenvalue weighted by Gasteiger charge is 2.12. The van der Waals surface area contributed by atoms with E-state index in [0.29, 0.717) is 17.0 Å². The van der Waals surface area contributed by atoms with Crippen LogP contribution in [0.4, 0.5) is 0 Å². The summed E-state index contributed by atoms with van der Waals surface area (Å²) in [5, 5.41) is 19.0. The van der Waals surface area contributed by atoms with E-state index in [-0.39, 0.29) is 11.5 Å². The van der Waals surface area contributed by atoms with Crippen molar-refractivity contribution in [2.75, 3.05) is 0 Å². The Morgan fingerprint density at radius 3 is 2.50 bits per heavy atom. The summed E-state index contributed by atoms with van der Waals surface area (Å²) in [5.41, 5.74) is 2.77. The van der Waals surface area contributed by atoms with Gasteiger partial charge in [-0.15, -0.1) is 0 Å². The van der Waals surface area contributed by atoms with Gasteiger partial charge in [-0.25, -0.2) is 4.98 Å². The monoisotopic (exact) mass is 267 g/mol. The maximum absolute atomic E-state index is 9.71. The SMILES string of the molecule is C/C=C\c1cc(O)cc2nc(-c3ccc(O)cc3)oc12. The Labute approximate surface area is 115 Å². The van der Waals surface area contributed by atoms with E-state index in [0.717, 1.165) is 11.1 Å². The fraction of sp³-hybridized carbons (Fsp3) is 0.0625. The van der Waals surface area contributed by atoms with Gasteiger partial charge in [0.25, 0.3) is 0 Å². The van der Waals surface area contributed by atoms with Crippen LogP contribution in [0.1, 0.15) is 12.5 Å². The molecule has 20 heavy (non-hydrogen) atoms. The zero-order valence-electron chi connectivity index (χ0n) is 10.9. The van der Waals surface area contributed by atoms with Crippen LogP contribution in [0.2, 0.25) is 0 Å². The summed E-state index contributed by atoms with van der Waals surface area (Å²) in [6.07, 6.45) is 3.73. The minimum absolute atomic E-state index is 0.149. The fourth-order valence-corrected chi connectivity index (χ4v) is 2.07. The molecular formula is C16H13NO3. The summed E-state index contributed by atoms with van der Waals surface area (Å²) in [5.74, 6) is 0.796. The molecule has 0 aliphatic rings. The Hall–Kier alpha value is -2.75. The van der Waals surface area contributed by atoms with Crippen molar-refractivity contribution in [2.45, 2.75) is 6.92 Å². The van der Waals surface area contributed by atoms with Gasteiger partial charge >= 0.3 is 0 Å². The van der Waals surface area contributed by atoms with Crippen LogP contribution in [0.3, 0.4) is 0 Å². The summed E-state index contributed by atoms with van der Waals surface area (Å²) < 4.78 is 5.78. The van der Waals surface area contributed by atoms with E-state index < -0.39 is 0 Å². The first-order chi connectivity index (χ1) is 9.67. The molecule has 1 aromatic heterocycles. The number of phenols is 2. The standard InChI is InChI=1S/C16H13NO3/c1-2-3-11-8-13(19)9-14-15(11)20-16(17-14)10-4-6-12(18)7-5-10/h2-9,18-19H,1H3/b3-2-. The summed E-state index contributed by atoms with van der Waals surface area (Å²) in [6.45, 7) is 1.90. The fourth-order valence-electron chi connectivity index (χ4n) is 2.07. The molecule has 4 nitrogen and oxygen atoms in total. The number of benzene rings is 2. The maximum Gasteiger partial charge on any atom is 0.227 e. The van der Waals surface area contributed by atoms with Gasteiger partial charge in [0, 0.05) is 17.2 Å². The third kappa shape index (κ3) is 2.12. The van der Waals surface area contributed by atoms with E-state index in [9.17, 15) is 10.2 Å². The molecule has 0 amide bonds. The first kappa shape index (κ1) is 12.3. The van der Waals surface area contributed by atoms with Crippen LogP contribution in [-0.4, -0.2) is 15.2 Å². The molecule has 2 N–H and O–H groups in total. The van der Waals surface area contributed by atoms with Crippen molar-refractivity contribution in [1.29, 1.82) is 0 Å². The number of hydrogen-bond donors (Lipinski definition) is 2. The van der Waals surface area contributed by atoms with Gasteiger partial charge < -0.3 is 14.6 Å². The van der Waals surface area contributed by atoms with Crippen LogP contribution < -0.4 is 0 Å². The molecule has 0 aliphatic heterocycles. The zero-order chi connectivity index (χ0) is 14.1. The first-order valence-corrected chi connectivity index (χ1v) is 6.23. The normalized spacial score (nSPS) is 11.4. The molecule has 2 aromatic carbocycles. The Morgan fingerprint density at radius 2 is 1.80 bits per heavy atom. The smallest absolute Gasteiger partial charge is 0.227 e. The maximum atomic E-state index is 9.71. The molecule has 0 unspecified atom stereocenters. The molecule has 3 rings (SSSR count). The topological polar surface area (TPSA) is 66.5 Å². The Kier molecular flexibility index (Phi) is 2.91. The van der Waals surface area contributed by atoms with Gasteiger partial charge in [-0.3, -0.25) is 0 Å². The molecule has 100 valence electrons. The summed E-state index contributed by atoms with van der Waals surface area (Å²) in [4.78, 5) is 4.37. The lowest BCUT2D eigenvalue weighted by Crippen LogP contribution is -1.76. The molecular weight excluding hydrogens is 254 g/mol. The van der Waals surface area contributed by atoms with Crippen LogP contribution >= 0.6 is 0 Å². The van der Waals surface area contributed by atoms with Crippen LogP contribution in [0, 0.1) is 0 Å². The Bertz CT molecular complexity index is 785. The van der Waals surface area contributed by atoms with Crippen molar-refractivity contribution in [1.82, 2.24) is 4.98 Å². The summed E-state index contributed by atoms with van der Waals surface area (Å²) in [6, 6.07) is 9.82. The third-order valence-electron chi connectivity index (χ3n) is 2.96. The van der Waals surface area contributed by atoms with Crippen LogP contribution in [0.25, 0.3) is 28.6 Å². The number of phenolic OH excluding ortho intramolecular Hbond substituents is 2. The predicted octanol–water partition coefficient (Wildman–Crippen LogP) is 3.94. The van der Waals surface area contributed by atoms with Crippen molar-refractivity contribution in [3.05, 3.63) is 48.0 Å². The number of hydrogen-bond acceptors (Lipinski definition) is 4. The third-order valence-corrected chi connectivity index (χ3v) is 2.96. The number of nitrogens with zero attached hydrogens (tertiary/aromatic N) is 1. The highest BCUT2D eigenvalue weighted by Crippen LogP contribution is 2.30. The number of allylic oxidation sites excluding steroid dienone is 1. The molecule has 3 aromatic rings. The van der Waals surface area contributed by atoms with Crippen molar-refractivity contribution >= 4 is 17.2 Å². The molecule has 0 saturated carbocycles. The molecule has 0 spiro atoms. The second kappa shape index (κ2) is 4.74. The number of aromatic hydroxyl groups is 2. The average molecular weight is 267 g/mol. The second-order valence-corrected chi connectivity index (χ2v) is 4.45. The summed E-state index contributed by atoms with van der Waals surface area (Å²) in [7, 11) is 0. The molecule has 0 bridgehead atoms. The van der Waals surface area contributed by atoms with E-state index in [1.165, 1.54) is 0 Å². The minimum atomic E-state index is 0.149. The van der Waals surface area contributed by atoms with E-state index in [1.54, 1.807) is 36.4 Å². The van der Waals surface area contributed by atoms with Gasteiger partial charge in [-0.05, 0) is 37.3 Å². The van der Waals surface area contributed by atoms with Gasteiger partial charge in [-0.2, -0.15) is 0 Å². The molecule has 0 radical (unpaired) electrons. The molecule has 0 saturated heterocycles. The minimum Gasteiger partial charge on any atom is -0.508 e. The highest BCUT2D eigenvalue weighted by atomic mass is 16.3. The lowest BCUT2D eigenvalue weighted by Gasteiger charge is -1.96. The number of fused-ring (bicyclic) bond motifs is 1. The van der Waals surface area contributed by atoms with E-state index >= 15 is 0 Å². The van der Waals surface area contributed by atoms with E-state index in [4.69, 9.17) is 4.42 Å². The molecule has 0 atom stereocenters. The van der Waals surface area contributed by atoms with Gasteiger partial charge in [0.15, 0.2) is 5.58 Å². The van der Waals surface area contributed by atoms with Gasteiger partial charge in [0.2, 0.25) is 5.89 Å².